The van der Waals surface area contributed by atoms with Gasteiger partial charge in [-0.2, -0.15) is 0 Å². The van der Waals surface area contributed by atoms with Gasteiger partial charge < -0.3 is 40.3 Å². The van der Waals surface area contributed by atoms with Crippen molar-refractivity contribution in [2.45, 2.75) is 84.5 Å². The maximum absolute atomic E-state index is 15.0. The summed E-state index contributed by atoms with van der Waals surface area (Å²) < 4.78 is 27.2. The van der Waals surface area contributed by atoms with Crippen molar-refractivity contribution in [1.29, 1.82) is 0 Å². The highest BCUT2D eigenvalue weighted by atomic mass is 31.2. The van der Waals surface area contributed by atoms with Gasteiger partial charge in [0, 0.05) is 24.8 Å². The van der Waals surface area contributed by atoms with E-state index in [2.05, 4.69) is 25.7 Å². The molecule has 6 N–H and O–H groups in total. The minimum Gasteiger partial charge on any atom is -0.465 e. The summed E-state index contributed by atoms with van der Waals surface area (Å²) in [5.41, 5.74) is -0.446. The number of likely N-dealkylation sites (N-methyl/N-ethyl adjacent to an activating group) is 1. The average molecular weight is 814 g/mol. The zero-order valence-electron chi connectivity index (χ0n) is 33.7. The lowest BCUT2D eigenvalue weighted by Crippen LogP contribution is -2.73. The minimum atomic E-state index is -5.02. The number of aromatic nitrogens is 1. The molecule has 3 rings (SSSR count). The van der Waals surface area contributed by atoms with Crippen LogP contribution in [0, 0.1) is 10.8 Å². The Balaban J connectivity index is 2.15. The van der Waals surface area contributed by atoms with Crippen molar-refractivity contribution in [1.82, 2.24) is 25.8 Å². The first-order valence-electron chi connectivity index (χ1n) is 18.3. The molecule has 0 aliphatic heterocycles. The van der Waals surface area contributed by atoms with Crippen LogP contribution < -0.4 is 16.0 Å². The second-order valence-electron chi connectivity index (χ2n) is 15.7. The van der Waals surface area contributed by atoms with Gasteiger partial charge in [0.2, 0.25) is 11.8 Å². The SMILES string of the molecule is COC(=O)NCC(=O)N[C@@H](Cc1ccc(-c2ccccn2)cc1)C[C@H](OCOP(=O)(O)O)[C@H](Cc1ccccc1)NC(=O)C(N(C)C(=O)O)(C(C)(C)C)C(C)(C)C. The first-order valence-corrected chi connectivity index (χ1v) is 19.9. The summed E-state index contributed by atoms with van der Waals surface area (Å²) in [6.07, 6.45) is -1.28. The molecule has 0 fully saturated rings. The number of nitrogens with zero attached hydrogens (tertiary/aromatic N) is 2. The number of ether oxygens (including phenoxy) is 2. The number of benzene rings is 2. The van der Waals surface area contributed by atoms with E-state index in [-0.39, 0.29) is 19.3 Å². The molecule has 0 spiro atoms. The Hall–Kier alpha value is -4.86. The first-order chi connectivity index (χ1) is 26.6. The topological polar surface area (TPSA) is 226 Å². The molecule has 0 aliphatic carbocycles. The molecular weight excluding hydrogens is 757 g/mol. The molecule has 0 unspecified atom stereocenters. The minimum absolute atomic E-state index is 0.0545. The van der Waals surface area contributed by atoms with Crippen LogP contribution in [-0.4, -0.2) is 100.0 Å². The molecule has 3 aromatic rings. The Kier molecular flexibility index (Phi) is 16.3. The molecule has 4 amide bonds. The van der Waals surface area contributed by atoms with Crippen molar-refractivity contribution in [3.05, 3.63) is 90.1 Å². The molecule has 2 aromatic carbocycles. The van der Waals surface area contributed by atoms with Gasteiger partial charge in [0.15, 0.2) is 6.79 Å². The molecule has 3 atom stereocenters. The van der Waals surface area contributed by atoms with Crippen molar-refractivity contribution in [2.24, 2.45) is 10.8 Å². The van der Waals surface area contributed by atoms with E-state index < -0.39 is 79.7 Å². The van der Waals surface area contributed by atoms with Gasteiger partial charge in [-0.3, -0.25) is 24.0 Å². The number of carbonyl (C=O) groups excluding carboxylic acids is 3. The van der Waals surface area contributed by atoms with Crippen LogP contribution in [0.2, 0.25) is 0 Å². The van der Waals surface area contributed by atoms with Gasteiger partial charge in [0.1, 0.15) is 12.1 Å². The van der Waals surface area contributed by atoms with Crippen LogP contribution in [0.25, 0.3) is 11.3 Å². The van der Waals surface area contributed by atoms with E-state index in [1.165, 1.54) is 7.05 Å². The monoisotopic (exact) mass is 813 g/mol. The van der Waals surface area contributed by atoms with E-state index in [4.69, 9.17) is 9.26 Å². The lowest BCUT2D eigenvalue weighted by molar-refractivity contribution is -0.153. The van der Waals surface area contributed by atoms with Crippen LogP contribution in [-0.2, 0) is 41.0 Å². The predicted octanol–water partition coefficient (Wildman–Crippen LogP) is 5.14. The summed E-state index contributed by atoms with van der Waals surface area (Å²) in [6, 6.07) is 20.4. The van der Waals surface area contributed by atoms with Crippen LogP contribution in [0.1, 0.15) is 59.1 Å². The number of hydrogen-bond donors (Lipinski definition) is 6. The third-order valence-electron chi connectivity index (χ3n) is 9.71. The van der Waals surface area contributed by atoms with Crippen molar-refractivity contribution >= 4 is 31.8 Å². The number of carboxylic acid groups (broad SMARTS) is 1. The van der Waals surface area contributed by atoms with E-state index in [0.29, 0.717) is 0 Å². The Bertz CT molecular complexity index is 1810. The fourth-order valence-electron chi connectivity index (χ4n) is 7.67. The van der Waals surface area contributed by atoms with Gasteiger partial charge in [-0.25, -0.2) is 14.2 Å². The predicted molar refractivity (Wildman–Crippen MR) is 213 cm³/mol. The number of pyridine rings is 1. The molecule has 0 radical (unpaired) electrons. The van der Waals surface area contributed by atoms with Gasteiger partial charge in [-0.05, 0) is 53.4 Å². The van der Waals surface area contributed by atoms with Crippen molar-refractivity contribution in [3.8, 4) is 11.3 Å². The Morgan fingerprint density at radius 1 is 0.842 bits per heavy atom. The molecule has 57 heavy (non-hydrogen) atoms. The van der Waals surface area contributed by atoms with E-state index in [1.807, 2.05) is 60.7 Å². The standard InChI is InChI=1S/C40H56N5O11P/c1-38(2,3)40(39(4,5)6,45(7)37(49)50)35(47)44-32(23-27-14-10-9-11-15-27)33(55-26-56-57(51,52)53)24-30(43-34(46)25-42-36(48)54-8)22-28-17-19-29(20-18-28)31-16-12-13-21-41-31/h9-21,30,32-33H,22-26H2,1-8H3,(H,42,48)(H,43,46)(H,44,47)(H,49,50)(H2,51,52,53)/t30-,32-,33-/m0/s1. The van der Waals surface area contributed by atoms with Crippen LogP contribution in [0.15, 0.2) is 79.0 Å². The number of hydrogen-bond acceptors (Lipinski definition) is 9. The number of carbonyl (C=O) groups is 4. The van der Waals surface area contributed by atoms with E-state index in [9.17, 15) is 38.6 Å². The fraction of sp³-hybridized carbons (Fsp3) is 0.475. The van der Waals surface area contributed by atoms with Gasteiger partial charge in [0.05, 0.1) is 24.9 Å². The number of phosphoric ester groups is 1. The number of rotatable bonds is 18. The molecule has 0 saturated heterocycles. The number of phosphoric acid groups is 1. The summed E-state index contributed by atoms with van der Waals surface area (Å²) in [7, 11) is -2.51. The van der Waals surface area contributed by atoms with Crippen LogP contribution in [0.4, 0.5) is 9.59 Å². The Morgan fingerprint density at radius 2 is 1.44 bits per heavy atom. The van der Waals surface area contributed by atoms with E-state index in [1.54, 1.807) is 59.9 Å². The quantitative estimate of drug-likeness (QED) is 0.0725. The average Bonchev–Trinajstić information content (AvgIpc) is 3.12. The van der Waals surface area contributed by atoms with Crippen LogP contribution in [0.5, 0.6) is 0 Å². The van der Waals surface area contributed by atoms with Gasteiger partial charge in [-0.15, -0.1) is 0 Å². The summed E-state index contributed by atoms with van der Waals surface area (Å²) in [5, 5.41) is 18.7. The largest absolute Gasteiger partial charge is 0.471 e. The van der Waals surface area contributed by atoms with Gasteiger partial charge in [-0.1, -0.05) is 102 Å². The first kappa shape index (κ1) is 46.5. The summed E-state index contributed by atoms with van der Waals surface area (Å²) >= 11 is 0. The Morgan fingerprint density at radius 3 is 1.96 bits per heavy atom. The van der Waals surface area contributed by atoms with Crippen molar-refractivity contribution < 1.29 is 52.6 Å². The third kappa shape index (κ3) is 13.1. The molecular formula is C40H56N5O11P. The van der Waals surface area contributed by atoms with Crippen LogP contribution >= 0.6 is 7.82 Å². The number of alkyl carbamates (subject to hydrolysis) is 1. The highest BCUT2D eigenvalue weighted by Crippen LogP contribution is 2.48. The summed E-state index contributed by atoms with van der Waals surface area (Å²) in [5.74, 6) is -1.21. The maximum atomic E-state index is 15.0. The molecule has 0 aliphatic rings. The van der Waals surface area contributed by atoms with Gasteiger partial charge in [0.25, 0.3) is 0 Å². The van der Waals surface area contributed by atoms with E-state index >= 15 is 0 Å². The smallest absolute Gasteiger partial charge is 0.465 e. The zero-order chi connectivity index (χ0) is 42.6. The lowest BCUT2D eigenvalue weighted by atomic mass is 9.58. The highest BCUT2D eigenvalue weighted by molar-refractivity contribution is 7.46. The highest BCUT2D eigenvalue weighted by Gasteiger charge is 2.61. The van der Waals surface area contributed by atoms with E-state index in [0.717, 1.165) is 34.4 Å². The second-order valence-corrected chi connectivity index (χ2v) is 17.0. The molecule has 0 saturated carbocycles. The van der Waals surface area contributed by atoms with Crippen molar-refractivity contribution in [2.75, 3.05) is 27.5 Å². The zero-order valence-corrected chi connectivity index (χ0v) is 34.6. The summed E-state index contributed by atoms with van der Waals surface area (Å²) in [4.78, 5) is 77.2. The van der Waals surface area contributed by atoms with Crippen LogP contribution in [0.3, 0.4) is 0 Å². The number of nitrogens with one attached hydrogen (secondary N) is 3. The summed E-state index contributed by atoms with van der Waals surface area (Å²) in [6.45, 7) is 9.34. The molecule has 16 nitrogen and oxygen atoms in total. The normalized spacial score (nSPS) is 13.8. The molecule has 17 heteroatoms. The second kappa shape index (κ2) is 20.0. The molecule has 1 heterocycles. The van der Waals surface area contributed by atoms with Gasteiger partial charge >= 0.3 is 20.0 Å². The molecule has 0 bridgehead atoms. The Labute approximate surface area is 333 Å². The lowest BCUT2D eigenvalue weighted by Gasteiger charge is -2.56. The molecule has 1 aromatic heterocycles. The fourth-order valence-corrected chi connectivity index (χ4v) is 7.86. The number of amides is 4. The third-order valence-corrected chi connectivity index (χ3v) is 10.2. The molecule has 312 valence electrons. The number of methoxy groups -OCH3 is 1. The maximum Gasteiger partial charge on any atom is 0.471 e. The van der Waals surface area contributed by atoms with Crippen molar-refractivity contribution in [3.63, 3.8) is 0 Å².